The zero-order valence-corrected chi connectivity index (χ0v) is 12.9. The highest BCUT2D eigenvalue weighted by Gasteiger charge is 2.32. The molecule has 0 saturated carbocycles. The highest BCUT2D eigenvalue weighted by molar-refractivity contribution is 7.99. The van der Waals surface area contributed by atoms with Crippen molar-refractivity contribution in [2.75, 3.05) is 18.1 Å². The average Bonchev–Trinajstić information content (AvgIpc) is 2.39. The van der Waals surface area contributed by atoms with Crippen LogP contribution in [0, 0.1) is 6.92 Å². The summed E-state index contributed by atoms with van der Waals surface area (Å²) in [5, 5.41) is 0. The Morgan fingerprint density at radius 2 is 2.21 bits per heavy atom. The average molecular weight is 300 g/mol. The third-order valence-corrected chi connectivity index (χ3v) is 6.86. The van der Waals surface area contributed by atoms with Crippen LogP contribution in [0.2, 0.25) is 0 Å². The summed E-state index contributed by atoms with van der Waals surface area (Å²) in [7, 11) is -3.41. The predicted molar refractivity (Wildman–Crippen MR) is 79.7 cm³/mol. The first kappa shape index (κ1) is 14.8. The number of rotatable bonds is 3. The van der Waals surface area contributed by atoms with Gasteiger partial charge >= 0.3 is 0 Å². The molecule has 1 aliphatic heterocycles. The Kier molecular flexibility index (Phi) is 4.55. The molecular formula is C13H20N2O2S2. The number of hydrogen-bond acceptors (Lipinski definition) is 4. The Morgan fingerprint density at radius 3 is 2.84 bits per heavy atom. The van der Waals surface area contributed by atoms with Gasteiger partial charge in [-0.25, -0.2) is 8.42 Å². The third-order valence-electron chi connectivity index (χ3n) is 3.51. The molecule has 1 aromatic rings. The number of nitrogens with zero attached hydrogens (tertiary/aromatic N) is 1. The van der Waals surface area contributed by atoms with Gasteiger partial charge in [0.2, 0.25) is 10.0 Å². The molecule has 1 saturated heterocycles. The molecule has 1 aliphatic rings. The van der Waals surface area contributed by atoms with Gasteiger partial charge in [0.15, 0.2) is 0 Å². The smallest absolute Gasteiger partial charge is 0.243 e. The van der Waals surface area contributed by atoms with Crippen LogP contribution in [0.4, 0.5) is 0 Å². The van der Waals surface area contributed by atoms with Gasteiger partial charge in [0.05, 0.1) is 4.90 Å². The molecule has 0 spiro atoms. The van der Waals surface area contributed by atoms with Crippen molar-refractivity contribution in [2.24, 2.45) is 5.73 Å². The normalized spacial score (nSPS) is 21.5. The molecule has 6 heteroatoms. The van der Waals surface area contributed by atoms with E-state index in [1.807, 2.05) is 19.9 Å². The van der Waals surface area contributed by atoms with E-state index in [1.54, 1.807) is 28.2 Å². The zero-order chi connectivity index (χ0) is 14.0. The van der Waals surface area contributed by atoms with Crippen LogP contribution >= 0.6 is 11.8 Å². The maximum absolute atomic E-state index is 12.8. The van der Waals surface area contributed by atoms with Gasteiger partial charge in [-0.2, -0.15) is 16.1 Å². The van der Waals surface area contributed by atoms with E-state index in [9.17, 15) is 8.42 Å². The monoisotopic (exact) mass is 300 g/mol. The van der Waals surface area contributed by atoms with Crippen LogP contribution in [0.25, 0.3) is 0 Å². The maximum atomic E-state index is 12.8. The van der Waals surface area contributed by atoms with Crippen molar-refractivity contribution in [3.63, 3.8) is 0 Å². The SMILES string of the molecule is Cc1c(CN)cccc1S(=O)(=O)N1CCSCC1C. The Balaban J connectivity index is 2.44. The van der Waals surface area contributed by atoms with Crippen molar-refractivity contribution < 1.29 is 8.42 Å². The van der Waals surface area contributed by atoms with Gasteiger partial charge in [-0.3, -0.25) is 0 Å². The highest BCUT2D eigenvalue weighted by atomic mass is 32.2. The molecule has 0 radical (unpaired) electrons. The number of hydrogen-bond donors (Lipinski definition) is 1. The van der Waals surface area contributed by atoms with Gasteiger partial charge in [-0.05, 0) is 31.0 Å². The molecular weight excluding hydrogens is 280 g/mol. The molecule has 0 aliphatic carbocycles. The van der Waals surface area contributed by atoms with E-state index in [0.29, 0.717) is 18.0 Å². The molecule has 1 unspecified atom stereocenters. The van der Waals surface area contributed by atoms with Crippen LogP contribution < -0.4 is 5.73 Å². The largest absolute Gasteiger partial charge is 0.326 e. The van der Waals surface area contributed by atoms with Gasteiger partial charge in [0, 0.05) is 30.6 Å². The van der Waals surface area contributed by atoms with Crippen molar-refractivity contribution in [3.05, 3.63) is 29.3 Å². The Bertz CT molecular complexity index is 558. The molecule has 0 bridgehead atoms. The fourth-order valence-electron chi connectivity index (χ4n) is 2.36. The van der Waals surface area contributed by atoms with E-state index < -0.39 is 10.0 Å². The van der Waals surface area contributed by atoms with Crippen LogP contribution in [-0.2, 0) is 16.6 Å². The molecule has 106 valence electrons. The summed E-state index contributed by atoms with van der Waals surface area (Å²) in [5.74, 6) is 1.72. The summed E-state index contributed by atoms with van der Waals surface area (Å²) in [6.45, 7) is 4.74. The fraction of sp³-hybridized carbons (Fsp3) is 0.538. The van der Waals surface area contributed by atoms with Crippen LogP contribution in [0.3, 0.4) is 0 Å². The van der Waals surface area contributed by atoms with Crippen molar-refractivity contribution >= 4 is 21.8 Å². The van der Waals surface area contributed by atoms with Crippen LogP contribution in [0.5, 0.6) is 0 Å². The van der Waals surface area contributed by atoms with Crippen molar-refractivity contribution in [2.45, 2.75) is 31.3 Å². The second-order valence-electron chi connectivity index (χ2n) is 4.78. The van der Waals surface area contributed by atoms with Gasteiger partial charge in [0.1, 0.15) is 0 Å². The van der Waals surface area contributed by atoms with Crippen molar-refractivity contribution in [1.29, 1.82) is 0 Å². The Morgan fingerprint density at radius 1 is 1.47 bits per heavy atom. The molecule has 1 fully saturated rings. The topological polar surface area (TPSA) is 63.4 Å². The van der Waals surface area contributed by atoms with E-state index >= 15 is 0 Å². The lowest BCUT2D eigenvalue weighted by molar-refractivity contribution is 0.367. The minimum Gasteiger partial charge on any atom is -0.326 e. The molecule has 0 amide bonds. The lowest BCUT2D eigenvalue weighted by atomic mass is 10.1. The van der Waals surface area contributed by atoms with Gasteiger partial charge in [0.25, 0.3) is 0 Å². The number of nitrogens with two attached hydrogens (primary N) is 1. The molecule has 1 heterocycles. The van der Waals surface area contributed by atoms with Crippen LogP contribution in [-0.4, -0.2) is 36.8 Å². The van der Waals surface area contributed by atoms with Crippen molar-refractivity contribution in [3.8, 4) is 0 Å². The lowest BCUT2D eigenvalue weighted by Gasteiger charge is -2.32. The number of benzene rings is 1. The summed E-state index contributed by atoms with van der Waals surface area (Å²) in [6, 6.07) is 5.37. The Hall–Kier alpha value is -0.560. The fourth-order valence-corrected chi connectivity index (χ4v) is 5.48. The van der Waals surface area contributed by atoms with E-state index in [1.165, 1.54) is 0 Å². The summed E-state index contributed by atoms with van der Waals surface area (Å²) >= 11 is 1.80. The first-order valence-corrected chi connectivity index (χ1v) is 8.96. The molecule has 1 aromatic carbocycles. The standard InChI is InChI=1S/C13H20N2O2S2/c1-10-9-18-7-6-15(10)19(16,17)13-5-3-4-12(8-14)11(13)2/h3-5,10H,6-9,14H2,1-2H3. The lowest BCUT2D eigenvalue weighted by Crippen LogP contribution is -2.44. The van der Waals surface area contributed by atoms with E-state index in [2.05, 4.69) is 0 Å². The number of sulfonamides is 1. The molecule has 2 N–H and O–H groups in total. The van der Waals surface area contributed by atoms with E-state index in [-0.39, 0.29) is 6.04 Å². The maximum Gasteiger partial charge on any atom is 0.243 e. The summed E-state index contributed by atoms with van der Waals surface area (Å²) in [6.07, 6.45) is 0. The Labute approximate surface area is 119 Å². The third kappa shape index (κ3) is 2.81. The predicted octanol–water partition coefficient (Wildman–Crippen LogP) is 1.58. The van der Waals surface area contributed by atoms with Gasteiger partial charge < -0.3 is 5.73 Å². The molecule has 2 rings (SSSR count). The first-order valence-electron chi connectivity index (χ1n) is 6.36. The summed E-state index contributed by atoms with van der Waals surface area (Å²) < 4.78 is 27.1. The molecule has 4 nitrogen and oxygen atoms in total. The summed E-state index contributed by atoms with van der Waals surface area (Å²) in [4.78, 5) is 0.397. The van der Waals surface area contributed by atoms with E-state index in [4.69, 9.17) is 5.73 Å². The second-order valence-corrected chi connectivity index (χ2v) is 7.79. The minimum atomic E-state index is -3.41. The molecule has 1 atom stereocenters. The van der Waals surface area contributed by atoms with E-state index in [0.717, 1.165) is 22.6 Å². The minimum absolute atomic E-state index is 0.0460. The quantitative estimate of drug-likeness (QED) is 0.920. The number of thioether (sulfide) groups is 1. The zero-order valence-electron chi connectivity index (χ0n) is 11.3. The van der Waals surface area contributed by atoms with Crippen molar-refractivity contribution in [1.82, 2.24) is 4.31 Å². The summed E-state index contributed by atoms with van der Waals surface area (Å²) in [5.41, 5.74) is 7.32. The molecule has 19 heavy (non-hydrogen) atoms. The molecule has 0 aromatic heterocycles. The van der Waals surface area contributed by atoms with Gasteiger partial charge in [-0.1, -0.05) is 12.1 Å². The van der Waals surface area contributed by atoms with Crippen LogP contribution in [0.15, 0.2) is 23.1 Å². The second kappa shape index (κ2) is 5.83. The van der Waals surface area contributed by atoms with Gasteiger partial charge in [-0.15, -0.1) is 0 Å². The first-order chi connectivity index (χ1) is 8.98. The highest BCUT2D eigenvalue weighted by Crippen LogP contribution is 2.27. The van der Waals surface area contributed by atoms with Crippen LogP contribution in [0.1, 0.15) is 18.1 Å².